The van der Waals surface area contributed by atoms with Crippen LogP contribution in [0.5, 0.6) is 0 Å². The highest BCUT2D eigenvalue weighted by molar-refractivity contribution is 5.34. The molecule has 1 aromatic heterocycles. The van der Waals surface area contributed by atoms with Gasteiger partial charge in [-0.05, 0) is 25.2 Å². The third-order valence-electron chi connectivity index (χ3n) is 3.60. The maximum Gasteiger partial charge on any atom is 0.0675 e. The number of aromatic nitrogens is 2. The van der Waals surface area contributed by atoms with E-state index in [2.05, 4.69) is 29.4 Å². The van der Waals surface area contributed by atoms with Crippen LogP contribution in [-0.2, 0) is 12.8 Å². The van der Waals surface area contributed by atoms with Gasteiger partial charge in [0, 0.05) is 29.8 Å². The topological polar surface area (TPSA) is 40.7 Å². The fourth-order valence-corrected chi connectivity index (χ4v) is 2.99. The van der Waals surface area contributed by atoms with Gasteiger partial charge in [-0.2, -0.15) is 5.10 Å². The van der Waals surface area contributed by atoms with Crippen LogP contribution in [0.1, 0.15) is 49.7 Å². The van der Waals surface area contributed by atoms with Gasteiger partial charge < -0.3 is 5.32 Å². The van der Waals surface area contributed by atoms with E-state index < -0.39 is 0 Å². The van der Waals surface area contributed by atoms with Crippen molar-refractivity contribution in [1.82, 2.24) is 15.5 Å². The second-order valence-electron chi connectivity index (χ2n) is 5.36. The molecule has 1 saturated heterocycles. The number of fused-ring (bicyclic) bond motifs is 4. The molecule has 0 spiro atoms. The molecule has 2 aliphatic rings. The van der Waals surface area contributed by atoms with Crippen LogP contribution in [0.2, 0.25) is 0 Å². The fourth-order valence-electron chi connectivity index (χ4n) is 2.99. The summed E-state index contributed by atoms with van der Waals surface area (Å²) < 4.78 is 0. The molecule has 3 nitrogen and oxygen atoms in total. The third-order valence-corrected chi connectivity index (χ3v) is 3.60. The van der Waals surface area contributed by atoms with Gasteiger partial charge in [0.15, 0.2) is 0 Å². The van der Waals surface area contributed by atoms with Gasteiger partial charge in [-0.1, -0.05) is 13.8 Å². The zero-order valence-corrected chi connectivity index (χ0v) is 9.51. The van der Waals surface area contributed by atoms with Gasteiger partial charge in [0.2, 0.25) is 0 Å². The first kappa shape index (κ1) is 9.40. The summed E-state index contributed by atoms with van der Waals surface area (Å²) in [5.74, 6) is 0.691. The molecule has 2 atom stereocenters. The lowest BCUT2D eigenvalue weighted by molar-refractivity contribution is 0.506. The average Bonchev–Trinajstić information content (AvgIpc) is 2.72. The number of hydrogen-bond acceptors (Lipinski definition) is 2. The minimum Gasteiger partial charge on any atom is -0.307 e. The molecule has 15 heavy (non-hydrogen) atoms. The van der Waals surface area contributed by atoms with E-state index in [1.165, 1.54) is 29.8 Å². The van der Waals surface area contributed by atoms with Gasteiger partial charge in [0.1, 0.15) is 0 Å². The summed E-state index contributed by atoms with van der Waals surface area (Å²) in [7, 11) is 0. The minimum atomic E-state index is 0.589. The van der Waals surface area contributed by atoms with Crippen LogP contribution in [0, 0.1) is 5.92 Å². The molecular formula is C12H19N3. The average molecular weight is 205 g/mol. The Hall–Kier alpha value is -0.830. The molecular weight excluding hydrogens is 186 g/mol. The lowest BCUT2D eigenvalue weighted by Gasteiger charge is -2.22. The lowest BCUT2D eigenvalue weighted by Crippen LogP contribution is -2.31. The number of rotatable bonds is 2. The SMILES string of the molecule is CC(C)Cc1n[nH]c2c1[C@@H]1CC[C@H](C2)N1. The first-order valence-electron chi connectivity index (χ1n) is 6.06. The predicted molar refractivity (Wildman–Crippen MR) is 59.7 cm³/mol. The van der Waals surface area contributed by atoms with Crippen molar-refractivity contribution in [3.05, 3.63) is 17.0 Å². The van der Waals surface area contributed by atoms with Crippen molar-refractivity contribution in [2.75, 3.05) is 0 Å². The van der Waals surface area contributed by atoms with Crippen LogP contribution in [0.3, 0.4) is 0 Å². The zero-order valence-electron chi connectivity index (χ0n) is 9.51. The Labute approximate surface area is 90.7 Å². The largest absolute Gasteiger partial charge is 0.307 e. The predicted octanol–water partition coefficient (Wildman–Crippen LogP) is 1.96. The highest BCUT2D eigenvalue weighted by Crippen LogP contribution is 2.37. The maximum absolute atomic E-state index is 4.49. The summed E-state index contributed by atoms with van der Waals surface area (Å²) in [4.78, 5) is 0. The highest BCUT2D eigenvalue weighted by Gasteiger charge is 2.35. The molecule has 0 aromatic carbocycles. The van der Waals surface area contributed by atoms with Crippen molar-refractivity contribution >= 4 is 0 Å². The Kier molecular flexibility index (Phi) is 2.09. The van der Waals surface area contributed by atoms with E-state index in [-0.39, 0.29) is 0 Å². The van der Waals surface area contributed by atoms with Crippen LogP contribution < -0.4 is 5.32 Å². The lowest BCUT2D eigenvalue weighted by atomic mass is 9.96. The van der Waals surface area contributed by atoms with Gasteiger partial charge in [0.05, 0.1) is 5.69 Å². The quantitative estimate of drug-likeness (QED) is 0.775. The first-order chi connectivity index (χ1) is 7.24. The zero-order chi connectivity index (χ0) is 10.4. The van der Waals surface area contributed by atoms with Crippen molar-refractivity contribution in [2.45, 2.75) is 51.6 Å². The monoisotopic (exact) mass is 205 g/mol. The smallest absolute Gasteiger partial charge is 0.0675 e. The molecule has 0 saturated carbocycles. The van der Waals surface area contributed by atoms with Crippen molar-refractivity contribution in [2.24, 2.45) is 5.92 Å². The number of hydrogen-bond donors (Lipinski definition) is 2. The van der Waals surface area contributed by atoms with Crippen molar-refractivity contribution in [1.29, 1.82) is 0 Å². The molecule has 0 radical (unpaired) electrons. The number of aromatic amines is 1. The molecule has 2 bridgehead atoms. The van der Waals surface area contributed by atoms with Crippen molar-refractivity contribution in [3.63, 3.8) is 0 Å². The van der Waals surface area contributed by atoms with E-state index in [1.807, 2.05) is 0 Å². The van der Waals surface area contributed by atoms with Gasteiger partial charge in [0.25, 0.3) is 0 Å². The summed E-state index contributed by atoms with van der Waals surface area (Å²) in [6.45, 7) is 4.52. The standard InChI is InChI=1S/C12H19N3/c1-7(2)5-10-12-9-4-3-8(13-9)6-11(12)15-14-10/h7-9,13H,3-6H2,1-2H3,(H,14,15)/t8-,9+/m1/s1. The van der Waals surface area contributed by atoms with E-state index in [4.69, 9.17) is 0 Å². The minimum absolute atomic E-state index is 0.589. The van der Waals surface area contributed by atoms with Gasteiger partial charge in [-0.15, -0.1) is 0 Å². The molecule has 1 aromatic rings. The molecule has 0 unspecified atom stereocenters. The number of H-pyrrole nitrogens is 1. The van der Waals surface area contributed by atoms with Crippen LogP contribution in [0.15, 0.2) is 0 Å². The third kappa shape index (κ3) is 1.49. The molecule has 82 valence electrons. The summed E-state index contributed by atoms with van der Waals surface area (Å²) in [6.07, 6.45) is 4.88. The fraction of sp³-hybridized carbons (Fsp3) is 0.750. The van der Waals surface area contributed by atoms with E-state index in [9.17, 15) is 0 Å². The van der Waals surface area contributed by atoms with Crippen LogP contribution in [0.25, 0.3) is 0 Å². The molecule has 0 amide bonds. The summed E-state index contributed by atoms with van der Waals surface area (Å²) >= 11 is 0. The first-order valence-corrected chi connectivity index (χ1v) is 6.06. The van der Waals surface area contributed by atoms with Gasteiger partial charge in [-0.3, -0.25) is 5.10 Å². The van der Waals surface area contributed by atoms with Crippen LogP contribution >= 0.6 is 0 Å². The van der Waals surface area contributed by atoms with Crippen molar-refractivity contribution in [3.8, 4) is 0 Å². The summed E-state index contributed by atoms with van der Waals surface area (Å²) in [5, 5.41) is 11.4. The van der Waals surface area contributed by atoms with Crippen LogP contribution in [-0.4, -0.2) is 16.2 Å². The number of nitrogens with one attached hydrogen (secondary N) is 2. The Morgan fingerprint density at radius 1 is 1.40 bits per heavy atom. The Balaban J connectivity index is 1.95. The second-order valence-corrected chi connectivity index (χ2v) is 5.36. The van der Waals surface area contributed by atoms with Gasteiger partial charge >= 0.3 is 0 Å². The Morgan fingerprint density at radius 3 is 3.07 bits per heavy atom. The normalized spacial score (nSPS) is 28.5. The van der Waals surface area contributed by atoms with Gasteiger partial charge in [-0.25, -0.2) is 0 Å². The van der Waals surface area contributed by atoms with Crippen LogP contribution in [0.4, 0.5) is 0 Å². The Morgan fingerprint density at radius 2 is 2.27 bits per heavy atom. The van der Waals surface area contributed by atoms with E-state index in [1.54, 1.807) is 0 Å². The molecule has 3 heteroatoms. The van der Waals surface area contributed by atoms with E-state index in [0.717, 1.165) is 12.8 Å². The number of nitrogens with zero attached hydrogens (tertiary/aromatic N) is 1. The molecule has 3 heterocycles. The van der Waals surface area contributed by atoms with E-state index >= 15 is 0 Å². The maximum atomic E-state index is 4.49. The summed E-state index contributed by atoms with van der Waals surface area (Å²) in [6, 6.07) is 1.29. The van der Waals surface area contributed by atoms with Crippen molar-refractivity contribution < 1.29 is 0 Å². The molecule has 3 rings (SSSR count). The molecule has 2 aliphatic heterocycles. The molecule has 1 fully saturated rings. The summed E-state index contributed by atoms with van der Waals surface area (Å²) in [5.41, 5.74) is 4.20. The Bertz CT molecular complexity index is 367. The highest BCUT2D eigenvalue weighted by atomic mass is 15.2. The van der Waals surface area contributed by atoms with E-state index in [0.29, 0.717) is 18.0 Å². The molecule has 0 aliphatic carbocycles. The second kappa shape index (κ2) is 3.34. The molecule has 2 N–H and O–H groups in total.